The standard InChI is InChI=1S/C21H21ClFNO3/c22-18-5-2-1-4-17(18)20-14-24(12-13-27-20)21(26)7-3-6-19(25)15-8-10-16(23)11-9-15/h1-2,4-5,8-11,20H,3,6-7,12-14H2. The number of ketones is 1. The summed E-state index contributed by atoms with van der Waals surface area (Å²) in [6.07, 6.45) is 0.776. The molecule has 0 spiro atoms. The molecule has 1 aliphatic heterocycles. The van der Waals surface area contributed by atoms with Gasteiger partial charge in [-0.25, -0.2) is 4.39 Å². The van der Waals surface area contributed by atoms with Gasteiger partial charge in [0.05, 0.1) is 13.2 Å². The Labute approximate surface area is 162 Å². The van der Waals surface area contributed by atoms with Crippen molar-refractivity contribution in [3.63, 3.8) is 0 Å². The first-order valence-electron chi connectivity index (χ1n) is 8.97. The van der Waals surface area contributed by atoms with Gasteiger partial charge in [0, 0.05) is 35.5 Å². The third-order valence-electron chi connectivity index (χ3n) is 4.63. The van der Waals surface area contributed by atoms with Crippen molar-refractivity contribution in [1.29, 1.82) is 0 Å². The first kappa shape index (κ1) is 19.5. The maximum atomic E-state index is 12.9. The summed E-state index contributed by atoms with van der Waals surface area (Å²) in [4.78, 5) is 26.4. The Morgan fingerprint density at radius 1 is 1.11 bits per heavy atom. The normalized spacial score (nSPS) is 17.0. The average Bonchev–Trinajstić information content (AvgIpc) is 2.69. The van der Waals surface area contributed by atoms with E-state index in [4.69, 9.17) is 16.3 Å². The summed E-state index contributed by atoms with van der Waals surface area (Å²) in [6.45, 7) is 1.44. The van der Waals surface area contributed by atoms with E-state index in [1.54, 1.807) is 4.90 Å². The molecule has 1 fully saturated rings. The summed E-state index contributed by atoms with van der Waals surface area (Å²) in [5.74, 6) is -0.455. The molecule has 3 rings (SSSR count). The second-order valence-electron chi connectivity index (χ2n) is 6.50. The first-order valence-corrected chi connectivity index (χ1v) is 9.35. The zero-order valence-electron chi connectivity index (χ0n) is 14.9. The summed E-state index contributed by atoms with van der Waals surface area (Å²) < 4.78 is 18.7. The van der Waals surface area contributed by atoms with Gasteiger partial charge in [0.25, 0.3) is 0 Å². The number of Topliss-reactive ketones (excluding diaryl/α,β-unsaturated/α-hetero) is 1. The van der Waals surface area contributed by atoms with Gasteiger partial charge in [0.1, 0.15) is 11.9 Å². The SMILES string of the molecule is O=C(CCCC(=O)N1CCOC(c2ccccc2Cl)C1)c1ccc(F)cc1. The number of amides is 1. The number of nitrogens with zero attached hydrogens (tertiary/aromatic N) is 1. The van der Waals surface area contributed by atoms with Gasteiger partial charge >= 0.3 is 0 Å². The molecule has 1 aliphatic rings. The molecular formula is C21H21ClFNO3. The molecule has 2 aromatic rings. The van der Waals surface area contributed by atoms with E-state index >= 15 is 0 Å². The van der Waals surface area contributed by atoms with Crippen LogP contribution in [-0.4, -0.2) is 36.3 Å². The third kappa shape index (κ3) is 5.15. The summed E-state index contributed by atoms with van der Waals surface area (Å²) in [6, 6.07) is 12.9. The summed E-state index contributed by atoms with van der Waals surface area (Å²) in [7, 11) is 0. The maximum absolute atomic E-state index is 12.9. The van der Waals surface area contributed by atoms with E-state index in [9.17, 15) is 14.0 Å². The van der Waals surface area contributed by atoms with Crippen LogP contribution in [-0.2, 0) is 9.53 Å². The molecule has 27 heavy (non-hydrogen) atoms. The number of halogens is 2. The predicted molar refractivity (Wildman–Crippen MR) is 101 cm³/mol. The van der Waals surface area contributed by atoms with Crippen LogP contribution < -0.4 is 0 Å². The summed E-state index contributed by atoms with van der Waals surface area (Å²) >= 11 is 6.23. The Morgan fingerprint density at radius 3 is 2.59 bits per heavy atom. The predicted octanol–water partition coefficient (Wildman–Crippen LogP) is 4.43. The van der Waals surface area contributed by atoms with Crippen LogP contribution in [0.3, 0.4) is 0 Å². The average molecular weight is 390 g/mol. The number of hydrogen-bond donors (Lipinski definition) is 0. The zero-order valence-corrected chi connectivity index (χ0v) is 15.6. The van der Waals surface area contributed by atoms with Crippen LogP contribution in [0.5, 0.6) is 0 Å². The van der Waals surface area contributed by atoms with E-state index in [0.29, 0.717) is 43.1 Å². The Kier molecular flexibility index (Phi) is 6.58. The van der Waals surface area contributed by atoms with E-state index in [1.165, 1.54) is 24.3 Å². The Morgan fingerprint density at radius 2 is 1.85 bits per heavy atom. The fourth-order valence-electron chi connectivity index (χ4n) is 3.14. The molecule has 4 nitrogen and oxygen atoms in total. The quantitative estimate of drug-likeness (QED) is 0.686. The van der Waals surface area contributed by atoms with E-state index in [1.807, 2.05) is 24.3 Å². The Hall–Kier alpha value is -2.24. The molecule has 0 N–H and O–H groups in total. The van der Waals surface area contributed by atoms with Crippen molar-refractivity contribution in [3.05, 3.63) is 70.5 Å². The number of carbonyl (C=O) groups is 2. The van der Waals surface area contributed by atoms with Gasteiger partial charge in [-0.3, -0.25) is 9.59 Å². The lowest BCUT2D eigenvalue weighted by Crippen LogP contribution is -2.42. The fourth-order valence-corrected chi connectivity index (χ4v) is 3.40. The molecule has 1 heterocycles. The molecule has 142 valence electrons. The van der Waals surface area contributed by atoms with Crippen molar-refractivity contribution in [2.24, 2.45) is 0 Å². The number of hydrogen-bond acceptors (Lipinski definition) is 3. The second kappa shape index (κ2) is 9.11. The molecule has 2 aromatic carbocycles. The van der Waals surface area contributed by atoms with Gasteiger partial charge in [-0.05, 0) is 36.8 Å². The van der Waals surface area contributed by atoms with Gasteiger partial charge in [-0.1, -0.05) is 29.8 Å². The fraction of sp³-hybridized carbons (Fsp3) is 0.333. The molecule has 0 saturated carbocycles. The number of benzene rings is 2. The third-order valence-corrected chi connectivity index (χ3v) is 4.98. The molecule has 1 unspecified atom stereocenters. The van der Waals surface area contributed by atoms with Gasteiger partial charge in [0.2, 0.25) is 5.91 Å². The van der Waals surface area contributed by atoms with Crippen LogP contribution in [0.1, 0.15) is 41.3 Å². The van der Waals surface area contributed by atoms with Crippen molar-refractivity contribution in [1.82, 2.24) is 4.90 Å². The lowest BCUT2D eigenvalue weighted by atomic mass is 10.0. The minimum Gasteiger partial charge on any atom is -0.370 e. The van der Waals surface area contributed by atoms with Crippen LogP contribution >= 0.6 is 11.6 Å². The Balaban J connectivity index is 1.50. The van der Waals surface area contributed by atoms with Crippen molar-refractivity contribution in [2.45, 2.75) is 25.4 Å². The number of ether oxygens (including phenoxy) is 1. The highest BCUT2D eigenvalue weighted by Gasteiger charge is 2.26. The van der Waals surface area contributed by atoms with Crippen LogP contribution in [0.15, 0.2) is 48.5 Å². The van der Waals surface area contributed by atoms with E-state index < -0.39 is 0 Å². The van der Waals surface area contributed by atoms with Gasteiger partial charge in [-0.2, -0.15) is 0 Å². The molecule has 6 heteroatoms. The van der Waals surface area contributed by atoms with Gasteiger partial charge in [-0.15, -0.1) is 0 Å². The Bertz CT molecular complexity index is 809. The zero-order chi connectivity index (χ0) is 19.2. The molecule has 1 saturated heterocycles. The van der Waals surface area contributed by atoms with Crippen molar-refractivity contribution >= 4 is 23.3 Å². The molecule has 0 aliphatic carbocycles. The van der Waals surface area contributed by atoms with Crippen molar-refractivity contribution in [2.75, 3.05) is 19.7 Å². The van der Waals surface area contributed by atoms with Crippen molar-refractivity contribution in [3.8, 4) is 0 Å². The first-order chi connectivity index (χ1) is 13.0. The largest absolute Gasteiger partial charge is 0.370 e. The second-order valence-corrected chi connectivity index (χ2v) is 6.91. The number of morpholine rings is 1. The molecule has 0 bridgehead atoms. The topological polar surface area (TPSA) is 46.6 Å². The van der Waals surface area contributed by atoms with Gasteiger partial charge < -0.3 is 9.64 Å². The molecular weight excluding hydrogens is 369 g/mol. The highest BCUT2D eigenvalue weighted by molar-refractivity contribution is 6.31. The van der Waals surface area contributed by atoms with E-state index in [0.717, 1.165) is 5.56 Å². The minimum absolute atomic E-state index is 0.00209. The highest BCUT2D eigenvalue weighted by Crippen LogP contribution is 2.28. The van der Waals surface area contributed by atoms with Crippen LogP contribution in [0.4, 0.5) is 4.39 Å². The number of carbonyl (C=O) groups excluding carboxylic acids is 2. The number of rotatable bonds is 6. The molecule has 1 atom stereocenters. The smallest absolute Gasteiger partial charge is 0.222 e. The minimum atomic E-state index is -0.373. The molecule has 0 aromatic heterocycles. The monoisotopic (exact) mass is 389 g/mol. The maximum Gasteiger partial charge on any atom is 0.222 e. The van der Waals surface area contributed by atoms with Crippen LogP contribution in [0.2, 0.25) is 5.02 Å². The lowest BCUT2D eigenvalue weighted by Gasteiger charge is -2.33. The van der Waals surface area contributed by atoms with Crippen LogP contribution in [0, 0.1) is 5.82 Å². The molecule has 1 amide bonds. The van der Waals surface area contributed by atoms with E-state index in [-0.39, 0.29) is 30.0 Å². The summed E-state index contributed by atoms with van der Waals surface area (Å²) in [5, 5.41) is 0.627. The van der Waals surface area contributed by atoms with E-state index in [2.05, 4.69) is 0 Å². The van der Waals surface area contributed by atoms with Crippen molar-refractivity contribution < 1.29 is 18.7 Å². The van der Waals surface area contributed by atoms with Crippen LogP contribution in [0.25, 0.3) is 0 Å². The van der Waals surface area contributed by atoms with Gasteiger partial charge in [0.15, 0.2) is 5.78 Å². The highest BCUT2D eigenvalue weighted by atomic mass is 35.5. The summed E-state index contributed by atoms with van der Waals surface area (Å²) in [5.41, 5.74) is 1.34. The molecule has 0 radical (unpaired) electrons. The lowest BCUT2D eigenvalue weighted by molar-refractivity contribution is -0.139.